The van der Waals surface area contributed by atoms with E-state index in [-0.39, 0.29) is 10.6 Å². The van der Waals surface area contributed by atoms with E-state index in [1.807, 2.05) is 12.1 Å². The molecule has 0 saturated carbocycles. The zero-order valence-electron chi connectivity index (χ0n) is 11.1. The van der Waals surface area contributed by atoms with Crippen molar-refractivity contribution in [2.75, 3.05) is 44.2 Å². The van der Waals surface area contributed by atoms with E-state index in [2.05, 4.69) is 37.7 Å². The quantitative estimate of drug-likeness (QED) is 0.481. The Kier molecular flexibility index (Phi) is 4.08. The zero-order valence-corrected chi connectivity index (χ0v) is 13.2. The number of benzene rings is 1. The van der Waals surface area contributed by atoms with E-state index in [0.717, 1.165) is 48.5 Å². The van der Waals surface area contributed by atoms with Gasteiger partial charge in [0.2, 0.25) is 0 Å². The molecule has 20 heavy (non-hydrogen) atoms. The van der Waals surface area contributed by atoms with Crippen LogP contribution in [0, 0.1) is 13.7 Å². The normalized spacial score (nSPS) is 20.8. The predicted octanol–water partition coefficient (Wildman–Crippen LogP) is 1.29. The van der Waals surface area contributed by atoms with E-state index in [1.165, 1.54) is 0 Å². The lowest BCUT2D eigenvalue weighted by Crippen LogP contribution is -2.63. The molecule has 2 saturated heterocycles. The Morgan fingerprint density at radius 3 is 2.65 bits per heavy atom. The van der Waals surface area contributed by atoms with Gasteiger partial charge >= 0.3 is 0 Å². The third-order valence-electron chi connectivity index (χ3n) is 4.01. The van der Waals surface area contributed by atoms with Gasteiger partial charge in [0.25, 0.3) is 5.69 Å². The van der Waals surface area contributed by atoms with Gasteiger partial charge in [0.15, 0.2) is 0 Å². The number of hydrogen-bond donors (Lipinski definition) is 1. The lowest BCUT2D eigenvalue weighted by atomic mass is 10.0. The maximum atomic E-state index is 11.2. The molecule has 0 radical (unpaired) electrons. The van der Waals surface area contributed by atoms with Gasteiger partial charge in [-0.15, -0.1) is 0 Å². The maximum Gasteiger partial charge on any atom is 0.293 e. The Hall–Kier alpha value is -0.930. The average Bonchev–Trinajstić information content (AvgIpc) is 2.39. The molecule has 0 aliphatic carbocycles. The molecule has 2 fully saturated rings. The van der Waals surface area contributed by atoms with Crippen molar-refractivity contribution in [3.63, 3.8) is 0 Å². The van der Waals surface area contributed by atoms with Crippen LogP contribution in [0.25, 0.3) is 0 Å². The molecule has 1 N–H and O–H groups in total. The van der Waals surface area contributed by atoms with Crippen molar-refractivity contribution in [1.29, 1.82) is 0 Å². The molecule has 0 amide bonds. The van der Waals surface area contributed by atoms with Gasteiger partial charge in [-0.1, -0.05) is 0 Å². The molecule has 108 valence electrons. The largest absolute Gasteiger partial charge is 0.363 e. The lowest BCUT2D eigenvalue weighted by molar-refractivity contribution is -0.384. The lowest BCUT2D eigenvalue weighted by Gasteiger charge is -2.47. The van der Waals surface area contributed by atoms with Crippen LogP contribution in [0.15, 0.2) is 18.2 Å². The Bertz CT molecular complexity index is 513. The summed E-state index contributed by atoms with van der Waals surface area (Å²) in [4.78, 5) is 15.5. The summed E-state index contributed by atoms with van der Waals surface area (Å²) < 4.78 is 0.900. The number of hydrogen-bond acceptors (Lipinski definition) is 5. The molecular weight excluding hydrogens is 371 g/mol. The molecule has 2 heterocycles. The molecule has 1 aromatic carbocycles. The molecule has 0 bridgehead atoms. The van der Waals surface area contributed by atoms with Gasteiger partial charge in [-0.05, 0) is 34.7 Å². The molecule has 0 aromatic heterocycles. The van der Waals surface area contributed by atoms with Gasteiger partial charge in [-0.3, -0.25) is 15.0 Å². The van der Waals surface area contributed by atoms with Crippen LogP contribution in [0.1, 0.15) is 0 Å². The number of piperazine rings is 1. The number of rotatable bonds is 3. The van der Waals surface area contributed by atoms with Crippen LogP contribution >= 0.6 is 22.6 Å². The third-order valence-corrected chi connectivity index (χ3v) is 4.68. The summed E-state index contributed by atoms with van der Waals surface area (Å²) in [6.45, 7) is 6.02. The first-order valence-electron chi connectivity index (χ1n) is 6.79. The van der Waals surface area contributed by atoms with E-state index in [9.17, 15) is 10.1 Å². The molecule has 7 heteroatoms. The molecule has 2 aliphatic rings. The van der Waals surface area contributed by atoms with Crippen molar-refractivity contribution >= 4 is 34.0 Å². The third kappa shape index (κ3) is 2.75. The fraction of sp³-hybridized carbons (Fsp3) is 0.538. The molecular formula is C13H17IN4O2. The smallest absolute Gasteiger partial charge is 0.293 e. The zero-order chi connectivity index (χ0) is 14.1. The summed E-state index contributed by atoms with van der Waals surface area (Å²) in [5.41, 5.74) is 0.970. The highest BCUT2D eigenvalue weighted by molar-refractivity contribution is 14.1. The first kappa shape index (κ1) is 14.0. The van der Waals surface area contributed by atoms with Crippen molar-refractivity contribution in [1.82, 2.24) is 10.2 Å². The molecule has 0 unspecified atom stereocenters. The predicted molar refractivity (Wildman–Crippen MR) is 86.3 cm³/mol. The number of halogens is 1. The summed E-state index contributed by atoms with van der Waals surface area (Å²) in [6.07, 6.45) is 0. The van der Waals surface area contributed by atoms with E-state index < -0.39 is 0 Å². The van der Waals surface area contributed by atoms with E-state index >= 15 is 0 Å². The van der Waals surface area contributed by atoms with Gasteiger partial charge in [0.05, 0.1) is 4.92 Å². The summed E-state index contributed by atoms with van der Waals surface area (Å²) in [5.74, 6) is 0. The molecule has 6 nitrogen and oxygen atoms in total. The first-order chi connectivity index (χ1) is 9.65. The van der Waals surface area contributed by atoms with Gasteiger partial charge in [0, 0.05) is 54.9 Å². The van der Waals surface area contributed by atoms with Crippen molar-refractivity contribution < 1.29 is 4.92 Å². The minimum Gasteiger partial charge on any atom is -0.363 e. The second-order valence-electron chi connectivity index (χ2n) is 5.23. The molecule has 0 spiro atoms. The van der Waals surface area contributed by atoms with Gasteiger partial charge < -0.3 is 10.2 Å². The first-order valence-corrected chi connectivity index (χ1v) is 7.86. The highest BCUT2D eigenvalue weighted by Gasteiger charge is 2.35. The van der Waals surface area contributed by atoms with Crippen molar-refractivity contribution in [3.05, 3.63) is 31.9 Å². The molecule has 1 aromatic rings. The van der Waals surface area contributed by atoms with Crippen LogP contribution in [0.5, 0.6) is 0 Å². The SMILES string of the molecule is O=[N+]([O-])c1cc(I)ccc1N1CC(N2CCNCC2)C1. The fourth-order valence-electron chi connectivity index (χ4n) is 2.84. The van der Waals surface area contributed by atoms with Crippen LogP contribution in [0.4, 0.5) is 11.4 Å². The van der Waals surface area contributed by atoms with Gasteiger partial charge in [-0.2, -0.15) is 0 Å². The van der Waals surface area contributed by atoms with Crippen LogP contribution in [-0.4, -0.2) is 55.1 Å². The number of anilines is 1. The summed E-state index contributed by atoms with van der Waals surface area (Å²) in [6, 6.07) is 5.99. The summed E-state index contributed by atoms with van der Waals surface area (Å²) in [5, 5.41) is 14.5. The topological polar surface area (TPSA) is 61.7 Å². The van der Waals surface area contributed by atoms with Gasteiger partial charge in [0.1, 0.15) is 5.69 Å². The number of nitro groups is 1. The standard InChI is InChI=1S/C13H17IN4O2/c14-10-1-2-12(13(7-10)18(19)20)17-8-11(9-17)16-5-3-15-4-6-16/h1-2,7,11,15H,3-6,8-9H2. The van der Waals surface area contributed by atoms with Crippen molar-refractivity contribution in [2.24, 2.45) is 0 Å². The Balaban J connectivity index is 1.68. The van der Waals surface area contributed by atoms with E-state index in [4.69, 9.17) is 0 Å². The van der Waals surface area contributed by atoms with Gasteiger partial charge in [-0.25, -0.2) is 0 Å². The molecule has 2 aliphatic heterocycles. The van der Waals surface area contributed by atoms with E-state index in [0.29, 0.717) is 6.04 Å². The van der Waals surface area contributed by atoms with Crippen molar-refractivity contribution in [2.45, 2.75) is 6.04 Å². The maximum absolute atomic E-state index is 11.2. The van der Waals surface area contributed by atoms with Crippen LogP contribution in [-0.2, 0) is 0 Å². The monoisotopic (exact) mass is 388 g/mol. The number of nitrogens with zero attached hydrogens (tertiary/aromatic N) is 3. The number of nitrogens with one attached hydrogen (secondary N) is 1. The molecule has 0 atom stereocenters. The van der Waals surface area contributed by atoms with Crippen LogP contribution < -0.4 is 10.2 Å². The molecule has 3 rings (SSSR count). The van der Waals surface area contributed by atoms with Crippen LogP contribution in [0.2, 0.25) is 0 Å². The second-order valence-corrected chi connectivity index (χ2v) is 6.48. The van der Waals surface area contributed by atoms with Crippen molar-refractivity contribution in [3.8, 4) is 0 Å². The minimum atomic E-state index is -0.282. The Labute approximate surface area is 131 Å². The average molecular weight is 388 g/mol. The highest BCUT2D eigenvalue weighted by atomic mass is 127. The summed E-state index contributed by atoms with van der Waals surface area (Å²) >= 11 is 2.11. The minimum absolute atomic E-state index is 0.218. The highest BCUT2D eigenvalue weighted by Crippen LogP contribution is 2.33. The number of nitro benzene ring substituents is 1. The Morgan fingerprint density at radius 2 is 2.00 bits per heavy atom. The second kappa shape index (κ2) is 5.82. The summed E-state index contributed by atoms with van der Waals surface area (Å²) in [7, 11) is 0. The Morgan fingerprint density at radius 1 is 1.30 bits per heavy atom. The van der Waals surface area contributed by atoms with E-state index in [1.54, 1.807) is 6.07 Å². The van der Waals surface area contributed by atoms with Crippen LogP contribution in [0.3, 0.4) is 0 Å². The fourth-order valence-corrected chi connectivity index (χ4v) is 3.32.